The first kappa shape index (κ1) is 25.0. The molecule has 11 nitrogen and oxygen atoms in total. The highest BCUT2D eigenvalue weighted by Gasteiger charge is 2.28. The van der Waals surface area contributed by atoms with Gasteiger partial charge in [0.2, 0.25) is 5.10 Å². The molecule has 0 atom stereocenters. The van der Waals surface area contributed by atoms with Crippen molar-refractivity contribution in [2.24, 2.45) is 0 Å². The Hall–Kier alpha value is -3.13. The van der Waals surface area contributed by atoms with Crippen LogP contribution >= 0.6 is 31.9 Å². The van der Waals surface area contributed by atoms with E-state index in [0.717, 1.165) is 6.20 Å². The van der Waals surface area contributed by atoms with Gasteiger partial charge in [0.05, 0.1) is 24.7 Å². The van der Waals surface area contributed by atoms with Crippen molar-refractivity contribution < 1.29 is 28.3 Å². The van der Waals surface area contributed by atoms with Crippen LogP contribution in [0.1, 0.15) is 29.6 Å². The molecule has 1 saturated heterocycles. The first-order valence-corrected chi connectivity index (χ1v) is 12.2. The Morgan fingerprint density at radius 1 is 1.20 bits per heavy atom. The van der Waals surface area contributed by atoms with Crippen LogP contribution in [0.15, 0.2) is 39.5 Å². The summed E-state index contributed by atoms with van der Waals surface area (Å²) in [4.78, 5) is 30.4. The molecule has 0 aliphatic carbocycles. The van der Waals surface area contributed by atoms with Crippen LogP contribution in [-0.4, -0.2) is 52.6 Å². The number of hydrogen-bond acceptors (Lipinski definition) is 8. The van der Waals surface area contributed by atoms with Gasteiger partial charge in [0.15, 0.2) is 11.3 Å². The Labute approximate surface area is 215 Å². The molecule has 1 aromatic carbocycles. The molecule has 1 aliphatic heterocycles. The number of ether oxygens (including phenoxy) is 1. The standard InChI is InChI=1S/C21H19Br2FN6O5/c22-12-1-2-16-17(9-12)30(34)27-21(29(16)33)25-6-3-19(31)35-13-4-7-28(8-5-13)20(32)14-10-18(23)26-11-15(14)24/h1-2,9-11,13H,3-8H2,(H,25,27). The Balaban J connectivity index is 1.26. The topological polar surface area (TPSA) is 138 Å². The molecule has 0 bridgehead atoms. The number of carbonyl (C=O) groups is 2. The molecule has 35 heavy (non-hydrogen) atoms. The van der Waals surface area contributed by atoms with E-state index >= 15 is 0 Å². The van der Waals surface area contributed by atoms with Crippen molar-refractivity contribution in [3.05, 3.63) is 61.3 Å². The highest BCUT2D eigenvalue weighted by molar-refractivity contribution is 9.10. The van der Waals surface area contributed by atoms with Crippen molar-refractivity contribution in [2.45, 2.75) is 25.4 Å². The minimum absolute atomic E-state index is 0.0314. The maximum Gasteiger partial charge on any atom is 0.460 e. The van der Waals surface area contributed by atoms with E-state index < -0.39 is 17.7 Å². The van der Waals surface area contributed by atoms with Crippen molar-refractivity contribution in [3.8, 4) is 0 Å². The number of anilines is 1. The number of nitrogens with one attached hydrogen (secondary N) is 1. The number of aromatic nitrogens is 4. The summed E-state index contributed by atoms with van der Waals surface area (Å²) in [5.74, 6) is -1.88. The fourth-order valence-electron chi connectivity index (χ4n) is 3.67. The predicted octanol–water partition coefficient (Wildman–Crippen LogP) is 2.21. The molecule has 1 N–H and O–H groups in total. The van der Waals surface area contributed by atoms with Gasteiger partial charge in [0, 0.05) is 41.3 Å². The molecule has 0 unspecified atom stereocenters. The smallest absolute Gasteiger partial charge is 0.460 e. The number of halogens is 3. The summed E-state index contributed by atoms with van der Waals surface area (Å²) in [6.45, 7) is 0.653. The number of hydrogen-bond donors (Lipinski definition) is 1. The molecule has 1 amide bonds. The summed E-state index contributed by atoms with van der Waals surface area (Å²) < 4.78 is 20.9. The van der Waals surface area contributed by atoms with Gasteiger partial charge < -0.3 is 20.1 Å². The first-order valence-electron chi connectivity index (χ1n) is 10.6. The van der Waals surface area contributed by atoms with Crippen molar-refractivity contribution in [1.82, 2.24) is 15.0 Å². The Kier molecular flexibility index (Phi) is 7.60. The second-order valence-corrected chi connectivity index (χ2v) is 9.50. The van der Waals surface area contributed by atoms with Gasteiger partial charge in [-0.3, -0.25) is 14.9 Å². The van der Waals surface area contributed by atoms with E-state index in [1.807, 2.05) is 0 Å². The molecule has 0 spiro atoms. The lowest BCUT2D eigenvalue weighted by Crippen LogP contribution is -2.44. The summed E-state index contributed by atoms with van der Waals surface area (Å²) >= 11 is 6.37. The van der Waals surface area contributed by atoms with Crippen LogP contribution in [0.5, 0.6) is 0 Å². The third kappa shape index (κ3) is 5.75. The summed E-state index contributed by atoms with van der Waals surface area (Å²) in [6.07, 6.45) is 1.37. The van der Waals surface area contributed by atoms with E-state index in [4.69, 9.17) is 4.74 Å². The minimum atomic E-state index is -0.699. The zero-order chi connectivity index (χ0) is 25.1. The van der Waals surface area contributed by atoms with Gasteiger partial charge >= 0.3 is 17.4 Å². The number of amides is 1. The molecule has 0 saturated carbocycles. The molecule has 3 heterocycles. The van der Waals surface area contributed by atoms with Gasteiger partial charge in [-0.1, -0.05) is 15.9 Å². The van der Waals surface area contributed by atoms with Gasteiger partial charge in [-0.15, -0.1) is 0 Å². The fraction of sp³-hybridized carbons (Fsp3) is 0.333. The highest BCUT2D eigenvalue weighted by atomic mass is 79.9. The largest absolute Gasteiger partial charge is 0.739 e. The number of carbonyl (C=O) groups excluding carboxylic acids is 2. The number of esters is 1. The van der Waals surface area contributed by atoms with E-state index in [-0.39, 0.29) is 41.6 Å². The Bertz CT molecular complexity index is 1290. The van der Waals surface area contributed by atoms with Crippen LogP contribution in [0.3, 0.4) is 0 Å². The maximum absolute atomic E-state index is 14.0. The quantitative estimate of drug-likeness (QED) is 0.193. The van der Waals surface area contributed by atoms with Crippen LogP contribution in [0, 0.1) is 16.2 Å². The molecular weight excluding hydrogens is 595 g/mol. The molecule has 14 heteroatoms. The summed E-state index contributed by atoms with van der Waals surface area (Å²) in [5, 5.41) is 30.9. The number of nitrogens with zero attached hydrogens (tertiary/aromatic N) is 5. The SMILES string of the molecule is O=C(CCNc1n[n+]([O-])c2cc(Br)ccc2[n+]1[O-])OC1CCN(C(=O)c2cc(Br)ncc2F)CC1. The van der Waals surface area contributed by atoms with Crippen molar-refractivity contribution >= 4 is 60.7 Å². The maximum atomic E-state index is 14.0. The molecule has 2 aromatic heterocycles. The summed E-state index contributed by atoms with van der Waals surface area (Å²) in [7, 11) is 0. The lowest BCUT2D eigenvalue weighted by Gasteiger charge is -2.31. The molecule has 0 radical (unpaired) electrons. The van der Waals surface area contributed by atoms with E-state index in [1.165, 1.54) is 23.1 Å². The second-order valence-electron chi connectivity index (χ2n) is 7.77. The fourth-order valence-corrected chi connectivity index (χ4v) is 4.35. The van der Waals surface area contributed by atoms with Gasteiger partial charge in [0.25, 0.3) is 5.91 Å². The lowest BCUT2D eigenvalue weighted by molar-refractivity contribution is -0.672. The zero-order valence-electron chi connectivity index (χ0n) is 18.1. The predicted molar refractivity (Wildman–Crippen MR) is 127 cm³/mol. The average Bonchev–Trinajstić information content (AvgIpc) is 2.83. The molecule has 3 aromatic rings. The minimum Gasteiger partial charge on any atom is -0.739 e. The second kappa shape index (κ2) is 10.6. The Morgan fingerprint density at radius 3 is 2.69 bits per heavy atom. The number of piperidine rings is 1. The summed E-state index contributed by atoms with van der Waals surface area (Å²) in [5.41, 5.74) is 0.158. The van der Waals surface area contributed by atoms with Crippen LogP contribution in [-0.2, 0) is 9.53 Å². The Morgan fingerprint density at radius 2 is 1.94 bits per heavy atom. The third-order valence-corrected chi connectivity index (χ3v) is 6.36. The van der Waals surface area contributed by atoms with Gasteiger partial charge in [0.1, 0.15) is 10.7 Å². The van der Waals surface area contributed by atoms with Crippen molar-refractivity contribution in [2.75, 3.05) is 25.0 Å². The normalized spacial score (nSPS) is 14.2. The average molecular weight is 614 g/mol. The molecule has 184 valence electrons. The molecule has 1 aliphatic rings. The number of fused-ring (bicyclic) bond motifs is 1. The van der Waals surface area contributed by atoms with E-state index in [0.29, 0.717) is 44.6 Å². The van der Waals surface area contributed by atoms with Crippen molar-refractivity contribution in [3.63, 3.8) is 0 Å². The van der Waals surface area contributed by atoms with E-state index in [1.54, 1.807) is 6.07 Å². The van der Waals surface area contributed by atoms with E-state index in [9.17, 15) is 24.4 Å². The van der Waals surface area contributed by atoms with Crippen LogP contribution in [0.4, 0.5) is 10.3 Å². The van der Waals surface area contributed by atoms with E-state index in [2.05, 4.69) is 47.3 Å². The molecule has 1 fully saturated rings. The molecular formula is C21H19Br2FN6O5. The van der Waals surface area contributed by atoms with Gasteiger partial charge in [-0.25, -0.2) is 14.1 Å². The lowest BCUT2D eigenvalue weighted by atomic mass is 10.1. The number of likely N-dealkylation sites (tertiary alicyclic amines) is 1. The highest BCUT2D eigenvalue weighted by Crippen LogP contribution is 2.20. The first-order chi connectivity index (χ1) is 16.7. The number of rotatable bonds is 6. The van der Waals surface area contributed by atoms with Crippen LogP contribution in [0.2, 0.25) is 0 Å². The summed E-state index contributed by atoms with van der Waals surface area (Å²) in [6, 6.07) is 5.93. The van der Waals surface area contributed by atoms with Crippen molar-refractivity contribution in [1.29, 1.82) is 0 Å². The number of pyridine rings is 1. The van der Waals surface area contributed by atoms with Gasteiger partial charge in [-0.05, 0) is 34.1 Å². The van der Waals surface area contributed by atoms with Crippen LogP contribution in [0.25, 0.3) is 11.0 Å². The molecule has 4 rings (SSSR count). The van der Waals surface area contributed by atoms with Gasteiger partial charge in [-0.2, -0.15) is 0 Å². The zero-order valence-corrected chi connectivity index (χ0v) is 21.3. The van der Waals surface area contributed by atoms with Crippen LogP contribution < -0.4 is 14.9 Å². The monoisotopic (exact) mass is 612 g/mol. The third-order valence-electron chi connectivity index (χ3n) is 5.43. The number of benzene rings is 1.